The Balaban J connectivity index is 1.44. The number of carbonyl (C=O) groups is 1. The summed E-state index contributed by atoms with van der Waals surface area (Å²) in [6, 6.07) is 10.1. The summed E-state index contributed by atoms with van der Waals surface area (Å²) >= 11 is 0. The third-order valence-corrected chi connectivity index (χ3v) is 4.32. The maximum Gasteiger partial charge on any atom is 0.271 e. The summed E-state index contributed by atoms with van der Waals surface area (Å²) in [7, 11) is 0. The number of benzene rings is 1. The van der Waals surface area contributed by atoms with Crippen LogP contribution < -0.4 is 10.6 Å². The molecule has 0 spiro atoms. The van der Waals surface area contributed by atoms with Crippen LogP contribution in [0.25, 0.3) is 0 Å². The second-order valence-corrected chi connectivity index (χ2v) is 6.24. The summed E-state index contributed by atoms with van der Waals surface area (Å²) in [5.74, 6) is 0.492. The van der Waals surface area contributed by atoms with E-state index in [2.05, 4.69) is 26.7 Å². The van der Waals surface area contributed by atoms with Crippen molar-refractivity contribution in [2.75, 3.05) is 11.9 Å². The van der Waals surface area contributed by atoms with Crippen molar-refractivity contribution in [2.24, 2.45) is 0 Å². The molecular formula is C20H24N4O. The van der Waals surface area contributed by atoms with Crippen molar-refractivity contribution in [3.05, 3.63) is 65.6 Å². The average molecular weight is 336 g/mol. The smallest absolute Gasteiger partial charge is 0.271 e. The van der Waals surface area contributed by atoms with Gasteiger partial charge in [0.25, 0.3) is 5.91 Å². The van der Waals surface area contributed by atoms with Gasteiger partial charge in [0, 0.05) is 13.1 Å². The number of allylic oxidation sites excluding steroid dienone is 1. The number of rotatable bonds is 7. The van der Waals surface area contributed by atoms with Gasteiger partial charge in [-0.3, -0.25) is 4.79 Å². The summed E-state index contributed by atoms with van der Waals surface area (Å²) < 4.78 is 0. The van der Waals surface area contributed by atoms with E-state index in [-0.39, 0.29) is 5.91 Å². The van der Waals surface area contributed by atoms with Crippen LogP contribution in [0.4, 0.5) is 5.82 Å². The number of hydrogen-bond donors (Lipinski definition) is 2. The van der Waals surface area contributed by atoms with E-state index >= 15 is 0 Å². The van der Waals surface area contributed by atoms with E-state index in [0.717, 1.165) is 12.8 Å². The maximum absolute atomic E-state index is 12.1. The van der Waals surface area contributed by atoms with Gasteiger partial charge in [-0.25, -0.2) is 9.97 Å². The van der Waals surface area contributed by atoms with Crippen LogP contribution in [0.3, 0.4) is 0 Å². The fourth-order valence-electron chi connectivity index (χ4n) is 2.88. The standard InChI is InChI=1S/C20H24N4O/c25-20(21-12-11-16-7-3-1-4-8-16)18-14-24-19(15-22-18)23-13-17-9-5-2-6-10-17/h2,5-7,9-10,14-15H,1,3-4,8,11-13H2,(H,21,25)(H,23,24). The molecule has 0 atom stereocenters. The predicted octanol–water partition coefficient (Wildman–Crippen LogP) is 3.71. The van der Waals surface area contributed by atoms with Crippen LogP contribution in [0.1, 0.15) is 48.2 Å². The molecule has 2 N–H and O–H groups in total. The van der Waals surface area contributed by atoms with Crippen LogP contribution in [0.15, 0.2) is 54.4 Å². The Morgan fingerprint density at radius 1 is 1.08 bits per heavy atom. The Kier molecular flexibility index (Phi) is 6.15. The van der Waals surface area contributed by atoms with Crippen molar-refractivity contribution in [3.8, 4) is 0 Å². The quantitative estimate of drug-likeness (QED) is 0.757. The molecule has 5 nitrogen and oxygen atoms in total. The minimum atomic E-state index is -0.168. The van der Waals surface area contributed by atoms with Crippen molar-refractivity contribution in [1.82, 2.24) is 15.3 Å². The molecule has 0 aliphatic heterocycles. The van der Waals surface area contributed by atoms with Crippen molar-refractivity contribution in [2.45, 2.75) is 38.6 Å². The summed E-state index contributed by atoms with van der Waals surface area (Å²) in [6.07, 6.45) is 11.2. The van der Waals surface area contributed by atoms with Gasteiger partial charge < -0.3 is 10.6 Å². The molecule has 5 heteroatoms. The largest absolute Gasteiger partial charge is 0.365 e. The van der Waals surface area contributed by atoms with Gasteiger partial charge in [-0.15, -0.1) is 0 Å². The zero-order chi connectivity index (χ0) is 17.3. The Labute approximate surface area is 148 Å². The van der Waals surface area contributed by atoms with Gasteiger partial charge in [-0.2, -0.15) is 0 Å². The van der Waals surface area contributed by atoms with Crippen LogP contribution in [-0.2, 0) is 6.54 Å². The highest BCUT2D eigenvalue weighted by Gasteiger charge is 2.09. The molecule has 0 bridgehead atoms. The number of amides is 1. The van der Waals surface area contributed by atoms with Crippen LogP contribution in [-0.4, -0.2) is 22.4 Å². The molecule has 0 radical (unpaired) electrons. The molecule has 3 rings (SSSR count). The van der Waals surface area contributed by atoms with Crippen molar-refractivity contribution in [1.29, 1.82) is 0 Å². The Bertz CT molecular complexity index is 710. The number of hydrogen-bond acceptors (Lipinski definition) is 4. The first kappa shape index (κ1) is 17.1. The average Bonchev–Trinajstić information content (AvgIpc) is 2.68. The second kappa shape index (κ2) is 8.97. The molecule has 0 unspecified atom stereocenters. The zero-order valence-corrected chi connectivity index (χ0v) is 14.4. The fraction of sp³-hybridized carbons (Fsp3) is 0.350. The van der Waals surface area contributed by atoms with Gasteiger partial charge >= 0.3 is 0 Å². The van der Waals surface area contributed by atoms with E-state index in [9.17, 15) is 4.79 Å². The minimum Gasteiger partial charge on any atom is -0.365 e. The van der Waals surface area contributed by atoms with Crippen LogP contribution in [0, 0.1) is 0 Å². The molecule has 1 amide bonds. The lowest BCUT2D eigenvalue weighted by molar-refractivity contribution is 0.0948. The first-order valence-electron chi connectivity index (χ1n) is 8.87. The monoisotopic (exact) mass is 336 g/mol. The molecule has 2 aromatic rings. The summed E-state index contributed by atoms with van der Waals surface area (Å²) in [4.78, 5) is 20.6. The third kappa shape index (κ3) is 5.41. The number of anilines is 1. The molecule has 130 valence electrons. The highest BCUT2D eigenvalue weighted by atomic mass is 16.1. The van der Waals surface area contributed by atoms with Gasteiger partial charge in [0.15, 0.2) is 0 Å². The molecule has 1 aliphatic rings. The Morgan fingerprint density at radius 3 is 2.68 bits per heavy atom. The van der Waals surface area contributed by atoms with E-state index in [1.54, 1.807) is 6.20 Å². The second-order valence-electron chi connectivity index (χ2n) is 6.24. The maximum atomic E-state index is 12.1. The highest BCUT2D eigenvalue weighted by molar-refractivity contribution is 5.91. The first-order valence-corrected chi connectivity index (χ1v) is 8.87. The van der Waals surface area contributed by atoms with E-state index in [1.807, 2.05) is 30.3 Å². The third-order valence-electron chi connectivity index (χ3n) is 4.32. The summed E-state index contributed by atoms with van der Waals surface area (Å²) in [6.45, 7) is 1.33. The first-order chi connectivity index (χ1) is 12.3. The van der Waals surface area contributed by atoms with Crippen LogP contribution in [0.2, 0.25) is 0 Å². The Hall–Kier alpha value is -2.69. The topological polar surface area (TPSA) is 66.9 Å². The number of aromatic nitrogens is 2. The van der Waals surface area contributed by atoms with Gasteiger partial charge in [0.1, 0.15) is 11.5 Å². The summed E-state index contributed by atoms with van der Waals surface area (Å²) in [5.41, 5.74) is 2.98. The summed E-state index contributed by atoms with van der Waals surface area (Å²) in [5, 5.41) is 6.12. The molecular weight excluding hydrogens is 312 g/mol. The molecule has 0 saturated heterocycles. The van der Waals surface area contributed by atoms with Gasteiger partial charge in [-0.1, -0.05) is 42.0 Å². The lowest BCUT2D eigenvalue weighted by Gasteiger charge is -2.12. The van der Waals surface area contributed by atoms with Crippen molar-refractivity contribution >= 4 is 11.7 Å². The zero-order valence-electron chi connectivity index (χ0n) is 14.4. The van der Waals surface area contributed by atoms with E-state index in [4.69, 9.17) is 0 Å². The predicted molar refractivity (Wildman–Crippen MR) is 99.3 cm³/mol. The molecule has 25 heavy (non-hydrogen) atoms. The molecule has 1 heterocycles. The van der Waals surface area contributed by atoms with Crippen LogP contribution in [0.5, 0.6) is 0 Å². The number of carbonyl (C=O) groups excluding carboxylic acids is 1. The van der Waals surface area contributed by atoms with E-state index in [0.29, 0.717) is 24.6 Å². The van der Waals surface area contributed by atoms with Crippen LogP contribution >= 0.6 is 0 Å². The molecule has 0 saturated carbocycles. The fourth-order valence-corrected chi connectivity index (χ4v) is 2.88. The van der Waals surface area contributed by atoms with Gasteiger partial charge in [0.2, 0.25) is 0 Å². The Morgan fingerprint density at radius 2 is 1.96 bits per heavy atom. The van der Waals surface area contributed by atoms with Crippen molar-refractivity contribution in [3.63, 3.8) is 0 Å². The van der Waals surface area contributed by atoms with Gasteiger partial charge in [-0.05, 0) is 37.7 Å². The SMILES string of the molecule is O=C(NCCC1=CCCCC1)c1cnc(NCc2ccccc2)cn1. The molecule has 0 fully saturated rings. The van der Waals surface area contributed by atoms with E-state index in [1.165, 1.54) is 36.6 Å². The molecule has 1 aromatic heterocycles. The molecule has 1 aromatic carbocycles. The highest BCUT2D eigenvalue weighted by Crippen LogP contribution is 2.19. The minimum absolute atomic E-state index is 0.168. The normalized spacial score (nSPS) is 13.8. The number of nitrogens with zero attached hydrogens (tertiary/aromatic N) is 2. The van der Waals surface area contributed by atoms with Gasteiger partial charge in [0.05, 0.1) is 12.4 Å². The lowest BCUT2D eigenvalue weighted by Crippen LogP contribution is -2.26. The lowest BCUT2D eigenvalue weighted by atomic mass is 9.97. The number of nitrogens with one attached hydrogen (secondary N) is 2. The van der Waals surface area contributed by atoms with E-state index < -0.39 is 0 Å². The van der Waals surface area contributed by atoms with Crippen molar-refractivity contribution < 1.29 is 4.79 Å². The molecule has 1 aliphatic carbocycles.